The Bertz CT molecular complexity index is 480. The lowest BCUT2D eigenvalue weighted by molar-refractivity contribution is -0.140. The van der Waals surface area contributed by atoms with Crippen LogP contribution in [-0.4, -0.2) is 26.3 Å². The maximum absolute atomic E-state index is 12.0. The van der Waals surface area contributed by atoms with Crippen LogP contribution in [0.15, 0.2) is 0 Å². The molecule has 1 fully saturated rings. The number of hydrogen-bond donors (Lipinski definition) is 2. The first-order valence-corrected chi connectivity index (χ1v) is 7.08. The highest BCUT2D eigenvalue weighted by Crippen LogP contribution is 2.44. The molecule has 0 bridgehead atoms. The Morgan fingerprint density at radius 1 is 1.37 bits per heavy atom. The van der Waals surface area contributed by atoms with Crippen LogP contribution in [0.1, 0.15) is 44.3 Å². The van der Waals surface area contributed by atoms with Crippen molar-refractivity contribution in [3.8, 4) is 0 Å². The monoisotopic (exact) mass is 283 g/mol. The molecule has 6 nitrogen and oxygen atoms in total. The minimum absolute atomic E-state index is 0.0650. The SMILES string of the molecule is Cc1nsc(NC(=O)CC2(CC(=O)O)CCCC2)n1. The molecule has 0 spiro atoms. The summed E-state index contributed by atoms with van der Waals surface area (Å²) in [5.74, 6) is -0.373. The van der Waals surface area contributed by atoms with Crippen molar-refractivity contribution in [2.24, 2.45) is 5.41 Å². The number of anilines is 1. The molecule has 1 aliphatic rings. The molecule has 0 atom stereocenters. The number of carboxylic acids is 1. The number of amides is 1. The number of aromatic nitrogens is 2. The summed E-state index contributed by atoms with van der Waals surface area (Å²) in [5.41, 5.74) is -0.379. The molecule has 0 aromatic carbocycles. The average molecular weight is 283 g/mol. The van der Waals surface area contributed by atoms with E-state index in [0.717, 1.165) is 37.2 Å². The van der Waals surface area contributed by atoms with Crippen LogP contribution < -0.4 is 5.32 Å². The van der Waals surface area contributed by atoms with Gasteiger partial charge in [-0.15, -0.1) is 0 Å². The molecule has 2 rings (SSSR count). The Morgan fingerprint density at radius 3 is 2.58 bits per heavy atom. The van der Waals surface area contributed by atoms with Gasteiger partial charge in [0.2, 0.25) is 11.0 Å². The molecule has 1 heterocycles. The summed E-state index contributed by atoms with van der Waals surface area (Å²) >= 11 is 1.14. The van der Waals surface area contributed by atoms with Crippen LogP contribution in [0.2, 0.25) is 0 Å². The average Bonchev–Trinajstić information content (AvgIpc) is 2.87. The molecule has 19 heavy (non-hydrogen) atoms. The quantitative estimate of drug-likeness (QED) is 0.864. The van der Waals surface area contributed by atoms with Crippen LogP contribution in [0.5, 0.6) is 0 Å². The van der Waals surface area contributed by atoms with E-state index in [1.807, 2.05) is 0 Å². The smallest absolute Gasteiger partial charge is 0.303 e. The summed E-state index contributed by atoms with van der Waals surface area (Å²) < 4.78 is 3.99. The third-order valence-electron chi connectivity index (χ3n) is 3.50. The second-order valence-corrected chi connectivity index (χ2v) is 5.90. The Hall–Kier alpha value is -1.50. The van der Waals surface area contributed by atoms with Gasteiger partial charge >= 0.3 is 5.97 Å². The first kappa shape index (κ1) is 13.9. The minimum Gasteiger partial charge on any atom is -0.481 e. The van der Waals surface area contributed by atoms with Crippen molar-refractivity contribution in [1.82, 2.24) is 9.36 Å². The standard InChI is InChI=1S/C12H17N3O3S/c1-8-13-11(19-15-8)14-9(16)6-12(7-10(17)18)4-2-3-5-12/h2-7H2,1H3,(H,17,18)(H,13,14,15,16). The highest BCUT2D eigenvalue weighted by Gasteiger charge is 2.38. The number of carbonyl (C=O) groups is 2. The van der Waals surface area contributed by atoms with Crippen LogP contribution in [0, 0.1) is 12.3 Å². The zero-order valence-corrected chi connectivity index (χ0v) is 11.6. The van der Waals surface area contributed by atoms with Crippen molar-refractivity contribution in [3.63, 3.8) is 0 Å². The van der Waals surface area contributed by atoms with Crippen LogP contribution >= 0.6 is 11.5 Å². The van der Waals surface area contributed by atoms with E-state index in [1.54, 1.807) is 6.92 Å². The zero-order chi connectivity index (χ0) is 13.9. The molecular weight excluding hydrogens is 266 g/mol. The van der Waals surface area contributed by atoms with Crippen molar-refractivity contribution in [1.29, 1.82) is 0 Å². The molecule has 2 N–H and O–H groups in total. The van der Waals surface area contributed by atoms with Crippen LogP contribution in [0.4, 0.5) is 5.13 Å². The lowest BCUT2D eigenvalue weighted by Gasteiger charge is -2.25. The fourth-order valence-corrected chi connectivity index (χ4v) is 3.31. The first-order valence-electron chi connectivity index (χ1n) is 6.31. The number of aliphatic carboxylic acids is 1. The van der Waals surface area contributed by atoms with Crippen molar-refractivity contribution in [2.75, 3.05) is 5.32 Å². The van der Waals surface area contributed by atoms with Gasteiger partial charge in [-0.2, -0.15) is 4.37 Å². The van der Waals surface area contributed by atoms with Gasteiger partial charge in [0.05, 0.1) is 6.42 Å². The van der Waals surface area contributed by atoms with E-state index >= 15 is 0 Å². The van der Waals surface area contributed by atoms with Crippen LogP contribution in [0.3, 0.4) is 0 Å². The Labute approximate surface area is 115 Å². The molecule has 1 aromatic rings. The van der Waals surface area contributed by atoms with Crippen molar-refractivity contribution in [3.05, 3.63) is 5.82 Å². The van der Waals surface area contributed by atoms with Crippen LogP contribution in [0.25, 0.3) is 0 Å². The summed E-state index contributed by atoms with van der Waals surface area (Å²) in [6, 6.07) is 0. The van der Waals surface area contributed by atoms with Crippen molar-refractivity contribution in [2.45, 2.75) is 45.4 Å². The van der Waals surface area contributed by atoms with Gasteiger partial charge in [0.1, 0.15) is 5.82 Å². The van der Waals surface area contributed by atoms with Gasteiger partial charge in [0.15, 0.2) is 0 Å². The summed E-state index contributed by atoms with van der Waals surface area (Å²) in [5, 5.41) is 12.2. The number of carboxylic acid groups (broad SMARTS) is 1. The number of nitrogens with zero attached hydrogens (tertiary/aromatic N) is 2. The molecule has 104 valence electrons. The van der Waals surface area contributed by atoms with E-state index < -0.39 is 5.97 Å². The summed E-state index contributed by atoms with van der Waals surface area (Å²) in [6.45, 7) is 1.76. The van der Waals surface area contributed by atoms with Gasteiger partial charge in [0.25, 0.3) is 0 Å². The number of aryl methyl sites for hydroxylation is 1. The predicted molar refractivity (Wildman–Crippen MR) is 71.0 cm³/mol. The second-order valence-electron chi connectivity index (χ2n) is 5.15. The molecular formula is C12H17N3O3S. The molecule has 1 aliphatic carbocycles. The molecule has 0 aliphatic heterocycles. The molecule has 1 saturated carbocycles. The third-order valence-corrected chi connectivity index (χ3v) is 4.22. The molecule has 0 radical (unpaired) electrons. The van der Waals surface area contributed by atoms with Gasteiger partial charge in [-0.25, -0.2) is 4.98 Å². The van der Waals surface area contributed by atoms with Gasteiger partial charge in [-0.3, -0.25) is 9.59 Å². The summed E-state index contributed by atoms with van der Waals surface area (Å²) in [6.07, 6.45) is 3.92. The number of rotatable bonds is 5. The highest BCUT2D eigenvalue weighted by molar-refractivity contribution is 7.09. The summed E-state index contributed by atoms with van der Waals surface area (Å²) in [7, 11) is 0. The Balaban J connectivity index is 1.97. The largest absolute Gasteiger partial charge is 0.481 e. The Kier molecular flexibility index (Phi) is 4.14. The lowest BCUT2D eigenvalue weighted by atomic mass is 9.79. The minimum atomic E-state index is -0.832. The number of hydrogen-bond acceptors (Lipinski definition) is 5. The second kappa shape index (κ2) is 5.64. The fraction of sp³-hybridized carbons (Fsp3) is 0.667. The molecule has 1 amide bonds. The molecule has 0 unspecified atom stereocenters. The van der Waals surface area contributed by atoms with Gasteiger partial charge in [-0.05, 0) is 25.2 Å². The molecule has 7 heteroatoms. The fourth-order valence-electron chi connectivity index (χ4n) is 2.71. The van der Waals surface area contributed by atoms with Gasteiger partial charge in [0, 0.05) is 18.0 Å². The van der Waals surface area contributed by atoms with Gasteiger partial charge in [-0.1, -0.05) is 12.8 Å². The van der Waals surface area contributed by atoms with E-state index in [1.165, 1.54) is 0 Å². The highest BCUT2D eigenvalue weighted by atomic mass is 32.1. The normalized spacial score (nSPS) is 17.3. The van der Waals surface area contributed by atoms with Crippen molar-refractivity contribution < 1.29 is 14.7 Å². The first-order chi connectivity index (χ1) is 8.99. The van der Waals surface area contributed by atoms with E-state index in [2.05, 4.69) is 14.7 Å². The topological polar surface area (TPSA) is 92.2 Å². The maximum Gasteiger partial charge on any atom is 0.303 e. The zero-order valence-electron chi connectivity index (χ0n) is 10.8. The maximum atomic E-state index is 12.0. The van der Waals surface area contributed by atoms with Crippen molar-refractivity contribution >= 4 is 28.5 Å². The molecule has 1 aromatic heterocycles. The van der Waals surface area contributed by atoms with Gasteiger partial charge < -0.3 is 10.4 Å². The van der Waals surface area contributed by atoms with E-state index in [-0.39, 0.29) is 24.2 Å². The van der Waals surface area contributed by atoms with E-state index in [0.29, 0.717) is 11.0 Å². The number of carbonyl (C=O) groups excluding carboxylic acids is 1. The summed E-state index contributed by atoms with van der Waals surface area (Å²) in [4.78, 5) is 27.0. The Morgan fingerprint density at radius 2 is 2.05 bits per heavy atom. The lowest BCUT2D eigenvalue weighted by Crippen LogP contribution is -2.27. The van der Waals surface area contributed by atoms with E-state index in [9.17, 15) is 9.59 Å². The predicted octanol–water partition coefficient (Wildman–Crippen LogP) is 2.21. The van der Waals surface area contributed by atoms with E-state index in [4.69, 9.17) is 5.11 Å². The third kappa shape index (κ3) is 3.73. The van der Waals surface area contributed by atoms with Crippen LogP contribution in [-0.2, 0) is 9.59 Å². The molecule has 0 saturated heterocycles. The number of nitrogens with one attached hydrogen (secondary N) is 1.